The van der Waals surface area contributed by atoms with Gasteiger partial charge in [-0.1, -0.05) is 60.1 Å². The Morgan fingerprint density at radius 1 is 0.909 bits per heavy atom. The van der Waals surface area contributed by atoms with E-state index in [-0.39, 0.29) is 45.4 Å². The van der Waals surface area contributed by atoms with Crippen molar-refractivity contribution < 1.29 is 14.7 Å². The van der Waals surface area contributed by atoms with Crippen LogP contribution >= 0.6 is 0 Å². The fraction of sp³-hybridized carbons (Fsp3) is 0.867. The molecule has 1 N–H and O–H groups in total. The van der Waals surface area contributed by atoms with E-state index < -0.39 is 5.41 Å². The lowest BCUT2D eigenvalue weighted by Crippen LogP contribution is -2.65. The van der Waals surface area contributed by atoms with E-state index in [1.807, 2.05) is 6.92 Å². The van der Waals surface area contributed by atoms with Gasteiger partial charge in [0.2, 0.25) is 0 Å². The highest BCUT2D eigenvalue weighted by Gasteiger charge is 2.69. The summed E-state index contributed by atoms with van der Waals surface area (Å²) in [6, 6.07) is 0. The number of carbonyl (C=O) groups is 2. The van der Waals surface area contributed by atoms with Gasteiger partial charge < -0.3 is 5.11 Å². The molecule has 4 saturated carbocycles. The van der Waals surface area contributed by atoms with Crippen molar-refractivity contribution in [3.8, 4) is 0 Å². The molecule has 0 spiro atoms. The summed E-state index contributed by atoms with van der Waals surface area (Å²) < 4.78 is 0. The van der Waals surface area contributed by atoms with Crippen molar-refractivity contribution in [3.05, 3.63) is 11.6 Å². The lowest BCUT2D eigenvalue weighted by molar-refractivity contribution is -0.191. The van der Waals surface area contributed by atoms with Crippen LogP contribution in [0.25, 0.3) is 0 Å². The zero-order valence-electron chi connectivity index (χ0n) is 22.1. The number of fused-ring (bicyclic) bond motifs is 7. The third-order valence-corrected chi connectivity index (χ3v) is 12.7. The molecule has 0 aromatic carbocycles. The molecular formula is C30H46O3. The van der Waals surface area contributed by atoms with E-state index in [9.17, 15) is 14.7 Å². The minimum atomic E-state index is -0.593. The molecule has 0 aromatic rings. The second kappa shape index (κ2) is 6.83. The third-order valence-electron chi connectivity index (χ3n) is 12.7. The number of hydrogen-bond acceptors (Lipinski definition) is 3. The Labute approximate surface area is 201 Å². The second-order valence-electron chi connectivity index (χ2n) is 14.7. The van der Waals surface area contributed by atoms with E-state index >= 15 is 0 Å². The number of hydrogen-bond donors (Lipinski definition) is 1. The average Bonchev–Trinajstić information content (AvgIpc) is 2.73. The molecule has 3 nitrogen and oxygen atoms in total. The summed E-state index contributed by atoms with van der Waals surface area (Å²) in [7, 11) is 0. The van der Waals surface area contributed by atoms with Gasteiger partial charge in [-0.25, -0.2) is 0 Å². The smallest absolute Gasteiger partial charge is 0.141 e. The Hall–Kier alpha value is -0.960. The van der Waals surface area contributed by atoms with Crippen LogP contribution < -0.4 is 0 Å². The van der Waals surface area contributed by atoms with Crippen LogP contribution in [0.5, 0.6) is 0 Å². The Bertz CT molecular complexity index is 931. The molecule has 8 atom stereocenters. The molecule has 0 heterocycles. The predicted molar refractivity (Wildman–Crippen MR) is 132 cm³/mol. The largest absolute Gasteiger partial charge is 0.395 e. The minimum absolute atomic E-state index is 0.0223. The first-order chi connectivity index (χ1) is 15.2. The zero-order valence-corrected chi connectivity index (χ0v) is 22.1. The molecule has 0 saturated heterocycles. The highest BCUT2D eigenvalue weighted by atomic mass is 16.3. The van der Waals surface area contributed by atoms with Crippen LogP contribution in [0.4, 0.5) is 0 Å². The highest BCUT2D eigenvalue weighted by molar-refractivity contribution is 5.87. The molecule has 5 rings (SSSR count). The Morgan fingerprint density at radius 2 is 1.61 bits per heavy atom. The van der Waals surface area contributed by atoms with Gasteiger partial charge in [-0.05, 0) is 84.4 Å². The summed E-state index contributed by atoms with van der Waals surface area (Å²) >= 11 is 0. The van der Waals surface area contributed by atoms with Gasteiger partial charge in [-0.3, -0.25) is 9.59 Å². The molecule has 0 bridgehead atoms. The summed E-state index contributed by atoms with van der Waals surface area (Å²) in [5.41, 5.74) is 1.24. The van der Waals surface area contributed by atoms with Gasteiger partial charge in [0.05, 0.1) is 12.0 Å². The van der Waals surface area contributed by atoms with Gasteiger partial charge in [0.15, 0.2) is 0 Å². The average molecular weight is 455 g/mol. The van der Waals surface area contributed by atoms with Crippen molar-refractivity contribution in [2.75, 3.05) is 6.61 Å². The summed E-state index contributed by atoms with van der Waals surface area (Å²) in [6.45, 7) is 16.4. The SMILES string of the molecule is CC1(C)CC(=O)C2(C)CCC3(C)C(=CCC4C5(C)CCC(=O)C(C)(CO)C5CCC43C)C2C1. The molecule has 5 aliphatic carbocycles. The fourth-order valence-corrected chi connectivity index (χ4v) is 10.3. The molecule has 0 aromatic heterocycles. The molecule has 5 aliphatic rings. The summed E-state index contributed by atoms with van der Waals surface area (Å²) in [5, 5.41) is 10.3. The normalized spacial score (nSPS) is 53.3. The van der Waals surface area contributed by atoms with Crippen molar-refractivity contribution in [1.29, 1.82) is 0 Å². The molecule has 4 fully saturated rings. The number of ketones is 2. The second-order valence-corrected chi connectivity index (χ2v) is 14.7. The molecular weight excluding hydrogens is 408 g/mol. The van der Waals surface area contributed by atoms with Crippen molar-refractivity contribution in [2.45, 2.75) is 106 Å². The molecule has 33 heavy (non-hydrogen) atoms. The van der Waals surface area contributed by atoms with Crippen molar-refractivity contribution in [1.82, 2.24) is 0 Å². The van der Waals surface area contributed by atoms with Gasteiger partial charge in [0, 0.05) is 18.3 Å². The minimum Gasteiger partial charge on any atom is -0.395 e. The summed E-state index contributed by atoms with van der Waals surface area (Å²) in [4.78, 5) is 26.4. The van der Waals surface area contributed by atoms with E-state index in [0.29, 0.717) is 24.0 Å². The van der Waals surface area contributed by atoms with Crippen LogP contribution in [0.15, 0.2) is 11.6 Å². The maximum atomic E-state index is 13.4. The number of rotatable bonds is 1. The maximum absolute atomic E-state index is 13.4. The van der Waals surface area contributed by atoms with Crippen LogP contribution in [0.2, 0.25) is 0 Å². The maximum Gasteiger partial charge on any atom is 0.141 e. The van der Waals surface area contributed by atoms with E-state index in [4.69, 9.17) is 0 Å². The molecule has 0 aliphatic heterocycles. The zero-order chi connectivity index (χ0) is 24.2. The van der Waals surface area contributed by atoms with Crippen molar-refractivity contribution in [3.63, 3.8) is 0 Å². The number of aliphatic hydroxyl groups excluding tert-OH is 1. The Kier molecular flexibility index (Phi) is 4.92. The van der Waals surface area contributed by atoms with Crippen LogP contribution in [0, 0.1) is 50.2 Å². The van der Waals surface area contributed by atoms with E-state index in [0.717, 1.165) is 51.4 Å². The van der Waals surface area contributed by atoms with Crippen LogP contribution in [0.3, 0.4) is 0 Å². The molecule has 3 heteroatoms. The van der Waals surface area contributed by atoms with E-state index in [1.165, 1.54) is 0 Å². The molecule has 0 amide bonds. The molecule has 0 radical (unpaired) electrons. The monoisotopic (exact) mass is 454 g/mol. The Balaban J connectivity index is 1.60. The standard InChI is InChI=1S/C30H46O3/c1-25(2)16-20-19-8-9-22-27(4)12-11-23(32)28(5,18-31)21(27)10-13-30(22,7)29(19,6)15-14-26(20,3)24(33)17-25/h8,20-22,31H,9-18H2,1-7H3. The van der Waals surface area contributed by atoms with Crippen LogP contribution in [-0.4, -0.2) is 23.3 Å². The number of Topliss-reactive ketones (excluding diaryl/α,β-unsaturated/α-hetero) is 2. The third kappa shape index (κ3) is 2.78. The lowest BCUT2D eigenvalue weighted by Gasteiger charge is -2.70. The molecule has 184 valence electrons. The van der Waals surface area contributed by atoms with Crippen LogP contribution in [0.1, 0.15) is 106 Å². The summed E-state index contributed by atoms with van der Waals surface area (Å²) in [5.74, 6) is 1.90. The highest BCUT2D eigenvalue weighted by Crippen LogP contribution is 2.75. The number of allylic oxidation sites excluding steroid dienone is 2. The lowest BCUT2D eigenvalue weighted by atomic mass is 9.33. The van der Waals surface area contributed by atoms with Gasteiger partial charge >= 0.3 is 0 Å². The topological polar surface area (TPSA) is 54.4 Å². The first-order valence-corrected chi connectivity index (χ1v) is 13.6. The number of carbonyl (C=O) groups excluding carboxylic acids is 2. The van der Waals surface area contributed by atoms with Gasteiger partial charge in [-0.15, -0.1) is 0 Å². The van der Waals surface area contributed by atoms with Gasteiger partial charge in [-0.2, -0.15) is 0 Å². The van der Waals surface area contributed by atoms with Crippen molar-refractivity contribution in [2.24, 2.45) is 50.2 Å². The quantitative estimate of drug-likeness (QED) is 0.458. The Morgan fingerprint density at radius 3 is 2.27 bits per heavy atom. The first-order valence-electron chi connectivity index (χ1n) is 13.6. The predicted octanol–water partition coefficient (Wildman–Crippen LogP) is 6.53. The van der Waals surface area contributed by atoms with Gasteiger partial charge in [0.25, 0.3) is 0 Å². The van der Waals surface area contributed by atoms with Crippen LogP contribution in [-0.2, 0) is 9.59 Å². The van der Waals surface area contributed by atoms with Gasteiger partial charge in [0.1, 0.15) is 11.6 Å². The van der Waals surface area contributed by atoms with Crippen molar-refractivity contribution >= 4 is 11.6 Å². The summed E-state index contributed by atoms with van der Waals surface area (Å²) in [6.07, 6.45) is 11.3. The fourth-order valence-electron chi connectivity index (χ4n) is 10.3. The first kappa shape index (κ1) is 23.8. The number of aliphatic hydroxyl groups is 1. The van der Waals surface area contributed by atoms with E-state index in [2.05, 4.69) is 47.6 Å². The van der Waals surface area contributed by atoms with E-state index in [1.54, 1.807) is 5.57 Å². The molecule has 8 unspecified atom stereocenters.